The monoisotopic (exact) mass is 525 g/mol. The highest BCUT2D eigenvalue weighted by atomic mass is 16.3. The molecule has 5 atom stereocenters. The van der Waals surface area contributed by atoms with Crippen molar-refractivity contribution in [3.8, 4) is 11.8 Å². The van der Waals surface area contributed by atoms with E-state index in [1.54, 1.807) is 6.08 Å². The van der Waals surface area contributed by atoms with E-state index in [1.807, 2.05) is 6.92 Å². The summed E-state index contributed by atoms with van der Waals surface area (Å²) in [4.78, 5) is 15.1. The third-order valence-electron chi connectivity index (χ3n) is 11.2. The molecule has 4 heteroatoms. The fourth-order valence-electron chi connectivity index (χ4n) is 9.03. The highest BCUT2D eigenvalue weighted by molar-refractivity contribution is 6.06. The second kappa shape index (κ2) is 10.0. The Hall–Kier alpha value is -2.77. The average molecular weight is 526 g/mol. The summed E-state index contributed by atoms with van der Waals surface area (Å²) in [5, 5.41) is 21.8. The van der Waals surface area contributed by atoms with Gasteiger partial charge in [-0.25, -0.2) is 0 Å². The molecule has 0 aromatic heterocycles. The number of nitrogens with zero attached hydrogens (tertiary/aromatic N) is 1. The van der Waals surface area contributed by atoms with Crippen molar-refractivity contribution in [2.75, 3.05) is 11.9 Å². The predicted octanol–water partition coefficient (Wildman–Crippen LogP) is 7.16. The average Bonchev–Trinajstić information content (AvgIpc) is 3.22. The molecule has 1 aromatic rings. The van der Waals surface area contributed by atoms with E-state index in [-0.39, 0.29) is 17.1 Å². The number of fused-ring (bicyclic) bond motifs is 4. The van der Waals surface area contributed by atoms with Crippen LogP contribution in [-0.4, -0.2) is 34.7 Å². The minimum absolute atomic E-state index is 0.0592. The van der Waals surface area contributed by atoms with E-state index in [0.717, 1.165) is 43.9 Å². The van der Waals surface area contributed by atoms with Crippen molar-refractivity contribution < 1.29 is 15.0 Å². The van der Waals surface area contributed by atoms with Crippen LogP contribution in [0.1, 0.15) is 96.0 Å². The van der Waals surface area contributed by atoms with Crippen molar-refractivity contribution in [3.05, 3.63) is 64.5 Å². The van der Waals surface area contributed by atoms with Crippen molar-refractivity contribution in [2.45, 2.75) is 102 Å². The van der Waals surface area contributed by atoms with E-state index in [0.29, 0.717) is 29.9 Å². The molecule has 0 amide bonds. The number of anilines is 1. The van der Waals surface area contributed by atoms with Gasteiger partial charge in [0.2, 0.25) is 0 Å². The number of carbonyl (C=O) groups is 1. The fraction of sp³-hybridized carbons (Fsp3) is 0.571. The predicted molar refractivity (Wildman–Crippen MR) is 156 cm³/mol. The van der Waals surface area contributed by atoms with Gasteiger partial charge in [-0.1, -0.05) is 49.8 Å². The van der Waals surface area contributed by atoms with Crippen molar-refractivity contribution in [1.82, 2.24) is 0 Å². The zero-order valence-electron chi connectivity index (χ0n) is 23.8. The Morgan fingerprint density at radius 2 is 1.82 bits per heavy atom. The molecule has 1 aromatic carbocycles. The molecule has 0 saturated heterocycles. The van der Waals surface area contributed by atoms with Gasteiger partial charge in [-0.3, -0.25) is 4.79 Å². The van der Waals surface area contributed by atoms with Gasteiger partial charge in [-0.05, 0) is 98.6 Å². The summed E-state index contributed by atoms with van der Waals surface area (Å²) in [5.74, 6) is 7.11. The number of hydrogen-bond acceptors (Lipinski definition) is 4. The van der Waals surface area contributed by atoms with Crippen LogP contribution in [0.15, 0.2) is 58.9 Å². The normalized spacial score (nSPS) is 35.5. The Labute approximate surface area is 233 Å². The Morgan fingerprint density at radius 1 is 1.08 bits per heavy atom. The van der Waals surface area contributed by atoms with E-state index < -0.39 is 5.60 Å². The van der Waals surface area contributed by atoms with Crippen molar-refractivity contribution in [2.24, 2.45) is 17.3 Å². The van der Waals surface area contributed by atoms with Crippen LogP contribution < -0.4 is 4.90 Å². The van der Waals surface area contributed by atoms with Crippen LogP contribution in [-0.2, 0) is 4.79 Å². The minimum Gasteiger partial charge on any atom is -0.515 e. The SMILES string of the molecule is CC#C[C@]1(O)CCC2C3CCC4=CC(=O)/C(=C\O)CC4=C3C(c3ccc(N(C)C4CCCCC4)cc3)CC21C. The first-order valence-corrected chi connectivity index (χ1v) is 15.1. The maximum atomic E-state index is 12.6. The molecular weight excluding hydrogens is 482 g/mol. The van der Waals surface area contributed by atoms with Gasteiger partial charge >= 0.3 is 0 Å². The van der Waals surface area contributed by atoms with Gasteiger partial charge in [0, 0.05) is 42.1 Å². The Morgan fingerprint density at radius 3 is 2.51 bits per heavy atom. The lowest BCUT2D eigenvalue weighted by atomic mass is 9.51. The smallest absolute Gasteiger partial charge is 0.185 e. The lowest BCUT2D eigenvalue weighted by Gasteiger charge is -2.53. The van der Waals surface area contributed by atoms with E-state index in [4.69, 9.17) is 0 Å². The summed E-state index contributed by atoms with van der Waals surface area (Å²) in [5.41, 5.74) is 5.63. The van der Waals surface area contributed by atoms with Crippen molar-refractivity contribution >= 4 is 11.5 Å². The van der Waals surface area contributed by atoms with E-state index in [1.165, 1.54) is 54.5 Å². The van der Waals surface area contributed by atoms with Gasteiger partial charge in [0.15, 0.2) is 5.78 Å². The van der Waals surface area contributed by atoms with Crippen LogP contribution in [0.4, 0.5) is 5.69 Å². The minimum atomic E-state index is -0.975. The molecule has 0 radical (unpaired) electrons. The summed E-state index contributed by atoms with van der Waals surface area (Å²) in [7, 11) is 2.24. The van der Waals surface area contributed by atoms with Crippen LogP contribution in [0.5, 0.6) is 0 Å². The van der Waals surface area contributed by atoms with Crippen LogP contribution in [0.25, 0.3) is 0 Å². The first kappa shape index (κ1) is 26.5. The fourth-order valence-corrected chi connectivity index (χ4v) is 9.03. The van der Waals surface area contributed by atoms with Crippen molar-refractivity contribution in [1.29, 1.82) is 0 Å². The molecule has 0 spiro atoms. The molecule has 4 nitrogen and oxygen atoms in total. The summed E-state index contributed by atoms with van der Waals surface area (Å²) in [6.45, 7) is 4.12. The van der Waals surface area contributed by atoms with Crippen LogP contribution in [0, 0.1) is 29.1 Å². The Bertz CT molecular complexity index is 1300. The number of carbonyl (C=O) groups excluding carboxylic acids is 1. The summed E-state index contributed by atoms with van der Waals surface area (Å²) in [6, 6.07) is 9.80. The Balaban J connectivity index is 1.44. The van der Waals surface area contributed by atoms with Crippen LogP contribution in [0.3, 0.4) is 0 Å². The number of aliphatic hydroxyl groups is 2. The maximum absolute atomic E-state index is 12.6. The highest BCUT2D eigenvalue weighted by Crippen LogP contribution is 2.66. The number of hydrogen-bond donors (Lipinski definition) is 2. The molecule has 5 aliphatic rings. The topological polar surface area (TPSA) is 60.8 Å². The molecule has 3 saturated carbocycles. The van der Waals surface area contributed by atoms with Crippen LogP contribution >= 0.6 is 0 Å². The molecule has 0 bridgehead atoms. The number of allylic oxidation sites excluding steroid dienone is 5. The van der Waals surface area contributed by atoms with Crippen molar-refractivity contribution in [3.63, 3.8) is 0 Å². The number of ketones is 1. The second-order valence-electron chi connectivity index (χ2n) is 13.0. The lowest BCUT2D eigenvalue weighted by Crippen LogP contribution is -2.51. The first-order chi connectivity index (χ1) is 18.8. The quantitative estimate of drug-likeness (QED) is 0.250. The molecule has 6 rings (SSSR count). The summed E-state index contributed by atoms with van der Waals surface area (Å²) < 4.78 is 0. The van der Waals surface area contributed by atoms with Crippen LogP contribution in [0.2, 0.25) is 0 Å². The molecule has 5 aliphatic carbocycles. The maximum Gasteiger partial charge on any atom is 0.185 e. The molecular formula is C35H43NO3. The van der Waals surface area contributed by atoms with E-state index in [9.17, 15) is 15.0 Å². The van der Waals surface area contributed by atoms with Gasteiger partial charge in [-0.2, -0.15) is 0 Å². The number of rotatable bonds is 3. The summed E-state index contributed by atoms with van der Waals surface area (Å²) in [6.07, 6.45) is 14.2. The molecule has 39 heavy (non-hydrogen) atoms. The number of aliphatic hydroxyl groups excluding tert-OH is 1. The second-order valence-corrected chi connectivity index (χ2v) is 13.0. The molecule has 3 fully saturated rings. The van der Waals surface area contributed by atoms with Gasteiger partial charge in [0.1, 0.15) is 5.60 Å². The third-order valence-corrected chi connectivity index (χ3v) is 11.2. The summed E-state index contributed by atoms with van der Waals surface area (Å²) >= 11 is 0. The highest BCUT2D eigenvalue weighted by Gasteiger charge is 2.62. The lowest BCUT2D eigenvalue weighted by molar-refractivity contribution is -0.111. The first-order valence-electron chi connectivity index (χ1n) is 15.1. The largest absolute Gasteiger partial charge is 0.515 e. The van der Waals surface area contributed by atoms with Gasteiger partial charge < -0.3 is 15.1 Å². The zero-order chi connectivity index (χ0) is 27.4. The standard InChI is InChI=1S/C35H43NO3/c1-4-17-35(39)18-16-31-28-15-12-24-20-32(38)25(22-37)19-29(24)33(28)30(21-34(31,35)2)23-10-13-27(14-11-23)36(3)26-8-6-5-7-9-26/h10-11,13-14,20,22,26,28,30-31,37,39H,5-9,12,15-16,18-19,21H2,1-3H3/b25-22-/t28?,30?,31?,34?,35-/m0/s1. The number of benzene rings is 1. The van der Waals surface area contributed by atoms with Gasteiger partial charge in [0.05, 0.1) is 6.26 Å². The van der Waals surface area contributed by atoms with Gasteiger partial charge in [0.25, 0.3) is 0 Å². The van der Waals surface area contributed by atoms with Gasteiger partial charge in [-0.15, -0.1) is 5.92 Å². The third kappa shape index (κ3) is 4.20. The molecule has 2 N–H and O–H groups in total. The van der Waals surface area contributed by atoms with E-state index in [2.05, 4.69) is 55.0 Å². The molecule has 0 aliphatic heterocycles. The zero-order valence-corrected chi connectivity index (χ0v) is 23.8. The molecule has 206 valence electrons. The molecule has 0 heterocycles. The Kier molecular flexibility index (Phi) is 6.79. The van der Waals surface area contributed by atoms with E-state index >= 15 is 0 Å². The molecule has 4 unspecified atom stereocenters.